The molecule has 0 bridgehead atoms. The summed E-state index contributed by atoms with van der Waals surface area (Å²) in [7, 11) is 0. The Morgan fingerprint density at radius 1 is 1.07 bits per heavy atom. The number of anilines is 1. The number of fused-ring (bicyclic) bond motifs is 1. The van der Waals surface area contributed by atoms with E-state index in [9.17, 15) is 9.59 Å². The fourth-order valence-electron chi connectivity index (χ4n) is 3.06. The Balaban J connectivity index is 1.55. The maximum Gasteiger partial charge on any atom is 0.355 e. The molecule has 1 amide bonds. The molecule has 0 atom stereocenters. The minimum Gasteiger partial charge on any atom is -0.456 e. The van der Waals surface area contributed by atoms with Gasteiger partial charge in [-0.05, 0) is 36.3 Å². The molecular weight excluding hydrogens is 340 g/mol. The minimum absolute atomic E-state index is 0.154. The minimum atomic E-state index is -0.428. The number of para-hydroxylation sites is 1. The molecule has 0 unspecified atom stereocenters. The normalized spacial score (nSPS) is 14.1. The van der Waals surface area contributed by atoms with Gasteiger partial charge in [-0.2, -0.15) is 0 Å². The number of carbonyl (C=O) groups excluding carboxylic acids is 2. The van der Waals surface area contributed by atoms with Crippen molar-refractivity contribution in [3.05, 3.63) is 88.7 Å². The summed E-state index contributed by atoms with van der Waals surface area (Å²) < 4.78 is 5.36. The summed E-state index contributed by atoms with van der Waals surface area (Å²) in [5.41, 5.74) is 5.08. The third kappa shape index (κ3) is 3.40. The molecule has 5 heteroatoms. The van der Waals surface area contributed by atoms with Gasteiger partial charge < -0.3 is 15.0 Å². The lowest BCUT2D eigenvalue weighted by Gasteiger charge is -2.03. The van der Waals surface area contributed by atoms with E-state index in [4.69, 9.17) is 4.74 Å². The first-order valence-corrected chi connectivity index (χ1v) is 8.65. The van der Waals surface area contributed by atoms with Crippen molar-refractivity contribution < 1.29 is 14.3 Å². The van der Waals surface area contributed by atoms with Gasteiger partial charge in [0.25, 0.3) is 5.91 Å². The van der Waals surface area contributed by atoms with Gasteiger partial charge in [-0.15, -0.1) is 0 Å². The topological polar surface area (TPSA) is 71.2 Å². The number of rotatable bonds is 4. The van der Waals surface area contributed by atoms with Crippen molar-refractivity contribution in [1.82, 2.24) is 4.98 Å². The Morgan fingerprint density at radius 2 is 1.81 bits per heavy atom. The summed E-state index contributed by atoms with van der Waals surface area (Å²) in [4.78, 5) is 27.7. The lowest BCUT2D eigenvalue weighted by molar-refractivity contribution is -0.110. The summed E-state index contributed by atoms with van der Waals surface area (Å²) in [5, 5.41) is 2.84. The molecule has 0 spiro atoms. The van der Waals surface area contributed by atoms with Crippen LogP contribution in [-0.4, -0.2) is 16.9 Å². The maximum absolute atomic E-state index is 12.3. The summed E-state index contributed by atoms with van der Waals surface area (Å²) in [5.74, 6) is -0.582. The molecule has 0 radical (unpaired) electrons. The van der Waals surface area contributed by atoms with Crippen LogP contribution in [0.2, 0.25) is 0 Å². The van der Waals surface area contributed by atoms with Crippen LogP contribution in [0, 0.1) is 6.92 Å². The predicted molar refractivity (Wildman–Crippen MR) is 104 cm³/mol. The van der Waals surface area contributed by atoms with E-state index in [1.807, 2.05) is 61.5 Å². The second-order valence-corrected chi connectivity index (χ2v) is 6.40. The second kappa shape index (κ2) is 6.96. The summed E-state index contributed by atoms with van der Waals surface area (Å²) in [6.45, 7) is 2.10. The van der Waals surface area contributed by atoms with Crippen LogP contribution in [0.3, 0.4) is 0 Å². The number of carbonyl (C=O) groups is 2. The van der Waals surface area contributed by atoms with Crippen LogP contribution in [0.25, 0.3) is 11.6 Å². The Bertz CT molecular complexity index is 1050. The van der Waals surface area contributed by atoms with Crippen molar-refractivity contribution in [2.45, 2.75) is 13.5 Å². The number of esters is 1. The lowest BCUT2D eigenvalue weighted by Crippen LogP contribution is -2.06. The van der Waals surface area contributed by atoms with Crippen molar-refractivity contribution >= 4 is 29.2 Å². The number of H-pyrrole nitrogens is 1. The van der Waals surface area contributed by atoms with E-state index in [2.05, 4.69) is 10.3 Å². The molecular formula is C22H18N2O3. The molecule has 134 valence electrons. The molecule has 27 heavy (non-hydrogen) atoms. The molecule has 1 aromatic heterocycles. The Labute approximate surface area is 156 Å². The zero-order valence-electron chi connectivity index (χ0n) is 14.8. The Kier molecular flexibility index (Phi) is 4.34. The third-order valence-electron chi connectivity index (χ3n) is 4.49. The van der Waals surface area contributed by atoms with Gasteiger partial charge >= 0.3 is 5.97 Å². The molecule has 0 aliphatic carbocycles. The Hall–Kier alpha value is -3.60. The molecule has 5 nitrogen and oxygen atoms in total. The first-order valence-electron chi connectivity index (χ1n) is 8.65. The van der Waals surface area contributed by atoms with Gasteiger partial charge in [-0.1, -0.05) is 48.5 Å². The monoisotopic (exact) mass is 358 g/mol. The van der Waals surface area contributed by atoms with Gasteiger partial charge in [0.15, 0.2) is 0 Å². The molecule has 0 fully saturated rings. The number of hydrogen-bond donors (Lipinski definition) is 2. The van der Waals surface area contributed by atoms with Crippen LogP contribution in [0.1, 0.15) is 32.9 Å². The maximum atomic E-state index is 12.3. The highest BCUT2D eigenvalue weighted by molar-refractivity contribution is 6.34. The van der Waals surface area contributed by atoms with Gasteiger partial charge in [0.2, 0.25) is 0 Å². The molecule has 1 aliphatic rings. The number of aryl methyl sites for hydroxylation is 1. The summed E-state index contributed by atoms with van der Waals surface area (Å²) in [6.07, 6.45) is 1.77. The van der Waals surface area contributed by atoms with Crippen molar-refractivity contribution in [3.63, 3.8) is 0 Å². The SMILES string of the molecule is Cc1cc(C(=O)OCc2ccccc2)[nH]c1/C=C1\C(=O)Nc2ccccc21. The van der Waals surface area contributed by atoms with Crippen LogP contribution in [0.15, 0.2) is 60.7 Å². The number of aromatic amines is 1. The fourth-order valence-corrected chi connectivity index (χ4v) is 3.06. The number of aromatic nitrogens is 1. The van der Waals surface area contributed by atoms with Gasteiger partial charge in [0.1, 0.15) is 12.3 Å². The highest BCUT2D eigenvalue weighted by Crippen LogP contribution is 2.33. The molecule has 3 aromatic rings. The molecule has 4 rings (SSSR count). The van der Waals surface area contributed by atoms with E-state index in [0.29, 0.717) is 17.0 Å². The fraction of sp³-hybridized carbons (Fsp3) is 0.0909. The number of ether oxygens (including phenoxy) is 1. The second-order valence-electron chi connectivity index (χ2n) is 6.40. The average molecular weight is 358 g/mol. The van der Waals surface area contributed by atoms with Crippen LogP contribution in [0.5, 0.6) is 0 Å². The molecule has 0 saturated carbocycles. The van der Waals surface area contributed by atoms with Gasteiger partial charge in [0.05, 0.1) is 5.57 Å². The number of amides is 1. The summed E-state index contributed by atoms with van der Waals surface area (Å²) >= 11 is 0. The number of nitrogens with one attached hydrogen (secondary N) is 2. The molecule has 0 saturated heterocycles. The van der Waals surface area contributed by atoms with E-state index >= 15 is 0 Å². The zero-order valence-corrected chi connectivity index (χ0v) is 14.8. The van der Waals surface area contributed by atoms with Crippen molar-refractivity contribution in [3.8, 4) is 0 Å². The molecule has 2 N–H and O–H groups in total. The van der Waals surface area contributed by atoms with Crippen LogP contribution in [-0.2, 0) is 16.1 Å². The highest BCUT2D eigenvalue weighted by Gasteiger charge is 2.24. The average Bonchev–Trinajstić information content (AvgIpc) is 3.21. The quantitative estimate of drug-likeness (QED) is 0.543. The van der Waals surface area contributed by atoms with Gasteiger partial charge in [-0.3, -0.25) is 4.79 Å². The zero-order chi connectivity index (χ0) is 18.8. The van der Waals surface area contributed by atoms with E-state index < -0.39 is 5.97 Å². The van der Waals surface area contributed by atoms with Crippen LogP contribution < -0.4 is 5.32 Å². The van der Waals surface area contributed by atoms with Gasteiger partial charge in [0, 0.05) is 16.9 Å². The van der Waals surface area contributed by atoms with Crippen molar-refractivity contribution in [2.24, 2.45) is 0 Å². The lowest BCUT2D eigenvalue weighted by atomic mass is 10.1. The smallest absolute Gasteiger partial charge is 0.355 e. The predicted octanol–water partition coefficient (Wildman–Crippen LogP) is 4.17. The third-order valence-corrected chi connectivity index (χ3v) is 4.49. The van der Waals surface area contributed by atoms with E-state index in [1.54, 1.807) is 12.1 Å². The van der Waals surface area contributed by atoms with Crippen LogP contribution >= 0.6 is 0 Å². The highest BCUT2D eigenvalue weighted by atomic mass is 16.5. The first kappa shape index (κ1) is 16.8. The number of benzene rings is 2. The first-order chi connectivity index (χ1) is 13.1. The van der Waals surface area contributed by atoms with E-state index in [0.717, 1.165) is 22.4 Å². The van der Waals surface area contributed by atoms with E-state index in [-0.39, 0.29) is 12.5 Å². The molecule has 2 heterocycles. The van der Waals surface area contributed by atoms with Gasteiger partial charge in [-0.25, -0.2) is 4.79 Å². The number of hydrogen-bond acceptors (Lipinski definition) is 3. The molecule has 2 aromatic carbocycles. The summed E-state index contributed by atoms with van der Waals surface area (Å²) in [6, 6.07) is 18.8. The Morgan fingerprint density at radius 3 is 2.63 bits per heavy atom. The largest absolute Gasteiger partial charge is 0.456 e. The van der Waals surface area contributed by atoms with Crippen molar-refractivity contribution in [1.29, 1.82) is 0 Å². The van der Waals surface area contributed by atoms with E-state index in [1.165, 1.54) is 0 Å². The van der Waals surface area contributed by atoms with Crippen molar-refractivity contribution in [2.75, 3.05) is 5.32 Å². The standard InChI is InChI=1S/C22H18N2O3/c1-14-11-20(22(26)27-13-15-7-3-2-4-8-15)23-19(14)12-17-16-9-5-6-10-18(16)24-21(17)25/h2-12,23H,13H2,1H3,(H,24,25)/b17-12-. The van der Waals surface area contributed by atoms with Crippen LogP contribution in [0.4, 0.5) is 5.69 Å². The molecule has 1 aliphatic heterocycles.